The van der Waals surface area contributed by atoms with Crippen LogP contribution in [0.1, 0.15) is 44.7 Å². The van der Waals surface area contributed by atoms with E-state index in [0.29, 0.717) is 10.9 Å². The van der Waals surface area contributed by atoms with Gasteiger partial charge in [0.25, 0.3) is 0 Å². The van der Waals surface area contributed by atoms with Crippen LogP contribution in [0.15, 0.2) is 100 Å². The SMILES string of the molecule is COC1(OC)C=CC(C(OC[C@H]2O[C@](n3cc([Se]C)c(=O)[nH]c3=O)([Si](C)C)C[C@@]2(O)C(C)(C)C)(c2ccccc2)c2ccccc2)=CC1. The van der Waals surface area contributed by atoms with E-state index in [1.165, 1.54) is 4.57 Å². The van der Waals surface area contributed by atoms with Crippen LogP contribution in [-0.4, -0.2) is 76.7 Å². The van der Waals surface area contributed by atoms with Gasteiger partial charge in [0.15, 0.2) is 5.79 Å². The molecule has 0 unspecified atom stereocenters. The van der Waals surface area contributed by atoms with E-state index in [1.54, 1.807) is 20.4 Å². The molecule has 2 heterocycles. The number of aliphatic hydroxyl groups is 1. The van der Waals surface area contributed by atoms with Crippen LogP contribution in [0.5, 0.6) is 0 Å². The molecule has 1 aliphatic heterocycles. The Morgan fingerprint density at radius 1 is 1.02 bits per heavy atom. The van der Waals surface area contributed by atoms with Crippen LogP contribution in [0.2, 0.25) is 18.9 Å². The van der Waals surface area contributed by atoms with Crippen molar-refractivity contribution < 1.29 is 24.1 Å². The number of hydrogen-bond donors (Lipinski definition) is 2. The van der Waals surface area contributed by atoms with Gasteiger partial charge in [-0.3, -0.25) is 0 Å². The minimum absolute atomic E-state index is 0.00199. The molecular formula is C37H47N2O7SeSi. The van der Waals surface area contributed by atoms with Gasteiger partial charge in [-0.2, -0.15) is 0 Å². The van der Waals surface area contributed by atoms with E-state index in [-0.39, 0.29) is 33.5 Å². The Kier molecular flexibility index (Phi) is 10.5. The van der Waals surface area contributed by atoms with Gasteiger partial charge in [0.2, 0.25) is 0 Å². The second kappa shape index (κ2) is 13.8. The first-order valence-electron chi connectivity index (χ1n) is 16.1. The van der Waals surface area contributed by atoms with Gasteiger partial charge in [-0.15, -0.1) is 0 Å². The molecule has 2 N–H and O–H groups in total. The summed E-state index contributed by atoms with van der Waals surface area (Å²) in [5.41, 5.74) is -1.40. The zero-order valence-corrected chi connectivity index (χ0v) is 31.7. The first-order valence-corrected chi connectivity index (χ1v) is 21.2. The second-order valence-electron chi connectivity index (χ2n) is 13.7. The Morgan fingerprint density at radius 3 is 2.06 bits per heavy atom. The third kappa shape index (κ3) is 6.20. The first kappa shape index (κ1) is 36.4. The molecule has 11 heteroatoms. The summed E-state index contributed by atoms with van der Waals surface area (Å²) < 4.78 is 27.8. The molecule has 9 nitrogen and oxygen atoms in total. The fourth-order valence-electron chi connectivity index (χ4n) is 6.87. The fraction of sp³-hybridized carbons (Fsp3) is 0.459. The number of ether oxygens (including phenoxy) is 4. The molecule has 2 aliphatic rings. The number of H-pyrrole nitrogens is 1. The molecule has 3 atom stereocenters. The molecular weight excluding hydrogens is 691 g/mol. The number of nitrogens with zero attached hydrogens (tertiary/aromatic N) is 1. The van der Waals surface area contributed by atoms with E-state index in [4.69, 9.17) is 18.9 Å². The predicted octanol–water partition coefficient (Wildman–Crippen LogP) is 4.26. The molecule has 0 amide bonds. The van der Waals surface area contributed by atoms with Crippen molar-refractivity contribution in [1.82, 2.24) is 9.55 Å². The van der Waals surface area contributed by atoms with Gasteiger partial charge < -0.3 is 9.47 Å². The van der Waals surface area contributed by atoms with Crippen molar-refractivity contribution in [3.8, 4) is 0 Å². The van der Waals surface area contributed by atoms with E-state index in [0.717, 1.165) is 16.7 Å². The number of nitrogens with one attached hydrogen (secondary N) is 1. The van der Waals surface area contributed by atoms with E-state index >= 15 is 0 Å². The van der Waals surface area contributed by atoms with Crippen LogP contribution in [0, 0.1) is 5.41 Å². The Labute approximate surface area is 290 Å². The third-order valence-electron chi connectivity index (χ3n) is 10.0. The summed E-state index contributed by atoms with van der Waals surface area (Å²) >= 11 is -0.157. The van der Waals surface area contributed by atoms with Gasteiger partial charge in [-0.1, -0.05) is 12.1 Å². The van der Waals surface area contributed by atoms with Crippen molar-refractivity contribution in [2.24, 2.45) is 5.41 Å². The van der Waals surface area contributed by atoms with Crippen molar-refractivity contribution in [2.45, 2.75) is 81.0 Å². The Bertz CT molecular complexity index is 1720. The standard InChI is InChI=1S/C37H47N2O7SeSi/c1-33(2,3)35(42)25-36(48(7)8,39-23-29(47-6)31(40)38-32(39)41)46-30(35)24-45-37(26-15-11-9-12-16-26,27-17-13-10-14-18-27)28-19-21-34(43-4,44-5)22-20-28/h9-21,23,30,42H,22,24-25H2,1-8H3,(H,38,40,41)/t30-,35+,36+/m1/s1. The zero-order valence-electron chi connectivity index (χ0n) is 29.0. The van der Waals surface area contributed by atoms with Crippen LogP contribution < -0.4 is 15.7 Å². The fourth-order valence-corrected chi connectivity index (χ4v) is 9.45. The third-order valence-corrected chi connectivity index (χ3v) is 13.6. The van der Waals surface area contributed by atoms with E-state index in [2.05, 4.69) is 24.2 Å². The second-order valence-corrected chi connectivity index (χ2v) is 18.3. The Balaban J connectivity index is 1.67. The molecule has 1 fully saturated rings. The van der Waals surface area contributed by atoms with Crippen molar-refractivity contribution in [3.63, 3.8) is 0 Å². The number of rotatable bonds is 11. The molecule has 48 heavy (non-hydrogen) atoms. The summed E-state index contributed by atoms with van der Waals surface area (Å²) in [6.07, 6.45) is 7.40. The maximum absolute atomic E-state index is 13.5. The summed E-state index contributed by atoms with van der Waals surface area (Å²) in [6, 6.07) is 20.0. The van der Waals surface area contributed by atoms with Gasteiger partial charge in [-0.05, 0) is 0 Å². The summed E-state index contributed by atoms with van der Waals surface area (Å²) in [4.78, 5) is 28.6. The molecule has 1 aromatic heterocycles. The molecule has 2 aromatic carbocycles. The maximum atomic E-state index is 13.5. The van der Waals surface area contributed by atoms with Crippen LogP contribution in [-0.2, 0) is 29.9 Å². The first-order chi connectivity index (χ1) is 22.7. The zero-order chi connectivity index (χ0) is 35.0. The number of hydrogen-bond acceptors (Lipinski definition) is 7. The predicted molar refractivity (Wildman–Crippen MR) is 190 cm³/mol. The van der Waals surface area contributed by atoms with Crippen LogP contribution in [0.3, 0.4) is 0 Å². The summed E-state index contributed by atoms with van der Waals surface area (Å²) in [5.74, 6) is 1.04. The van der Waals surface area contributed by atoms with E-state index in [1.807, 2.05) is 99.4 Å². The van der Waals surface area contributed by atoms with Crippen molar-refractivity contribution in [2.75, 3.05) is 20.8 Å². The van der Waals surface area contributed by atoms with Gasteiger partial charge in [-0.25, -0.2) is 0 Å². The number of aromatic amines is 1. The molecule has 257 valence electrons. The Morgan fingerprint density at radius 2 is 1.60 bits per heavy atom. The minimum atomic E-state index is -1.48. The van der Waals surface area contributed by atoms with Crippen molar-refractivity contribution >= 4 is 28.2 Å². The number of methoxy groups -OCH3 is 2. The van der Waals surface area contributed by atoms with Gasteiger partial charge in [0, 0.05) is 14.2 Å². The number of aromatic nitrogens is 2. The van der Waals surface area contributed by atoms with Crippen molar-refractivity contribution in [1.29, 1.82) is 0 Å². The van der Waals surface area contributed by atoms with Gasteiger partial charge in [0.05, 0.1) is 0 Å². The molecule has 0 spiro atoms. The van der Waals surface area contributed by atoms with Crippen LogP contribution in [0.25, 0.3) is 0 Å². The molecule has 5 rings (SSSR count). The van der Waals surface area contributed by atoms with E-state index < -0.39 is 48.3 Å². The summed E-state index contributed by atoms with van der Waals surface area (Å²) in [7, 11) is 1.76. The molecule has 3 aromatic rings. The Hall–Kier alpha value is -2.86. The number of benzene rings is 2. The quantitative estimate of drug-likeness (QED) is 0.224. The van der Waals surface area contributed by atoms with Crippen LogP contribution >= 0.6 is 0 Å². The van der Waals surface area contributed by atoms with Crippen LogP contribution in [0.4, 0.5) is 0 Å². The monoisotopic (exact) mass is 739 g/mol. The molecule has 1 saturated heterocycles. The summed E-state index contributed by atoms with van der Waals surface area (Å²) in [5, 5.41) is 11.6. The molecule has 0 saturated carbocycles. The molecule has 0 bridgehead atoms. The average molecular weight is 739 g/mol. The normalized spacial score (nSPS) is 24.2. The van der Waals surface area contributed by atoms with E-state index in [9.17, 15) is 14.7 Å². The molecule has 1 aliphatic carbocycles. The average Bonchev–Trinajstić information content (AvgIpc) is 3.41. The summed E-state index contributed by atoms with van der Waals surface area (Å²) in [6.45, 7) is 10.1. The van der Waals surface area contributed by atoms with Crippen molar-refractivity contribution in [3.05, 3.63) is 123 Å². The van der Waals surface area contributed by atoms with Gasteiger partial charge >= 0.3 is 250 Å². The molecule has 1 radical (unpaired) electrons. The topological polar surface area (TPSA) is 112 Å². The van der Waals surface area contributed by atoms with Gasteiger partial charge in [0.1, 0.15) is 0 Å².